The fourth-order valence-electron chi connectivity index (χ4n) is 2.29. The van der Waals surface area contributed by atoms with E-state index in [-0.39, 0.29) is 0 Å². The maximum Gasteiger partial charge on any atom is 0.128 e. The van der Waals surface area contributed by atoms with Gasteiger partial charge in [-0.05, 0) is 25.3 Å². The van der Waals surface area contributed by atoms with Crippen molar-refractivity contribution in [3.05, 3.63) is 45.4 Å². The molecule has 3 rings (SSSR count). The van der Waals surface area contributed by atoms with E-state index in [4.69, 9.17) is 4.74 Å². The Morgan fingerprint density at radius 1 is 1.44 bits per heavy atom. The molecule has 0 radical (unpaired) electrons. The average molecular weight is 261 g/mol. The van der Waals surface area contributed by atoms with E-state index in [0.717, 1.165) is 35.8 Å². The zero-order valence-corrected chi connectivity index (χ0v) is 11.0. The first-order valence-corrected chi connectivity index (χ1v) is 6.98. The Balaban J connectivity index is 2.01. The molecule has 1 aliphatic rings. The topological polar surface area (TPSA) is 42.4 Å². The summed E-state index contributed by atoms with van der Waals surface area (Å²) in [5, 5.41) is 13.3. The lowest BCUT2D eigenvalue weighted by atomic mass is 9.98. The second kappa shape index (κ2) is 4.71. The number of aryl methyl sites for hydroxylation is 2. The minimum absolute atomic E-state index is 0.692. The first kappa shape index (κ1) is 11.7. The van der Waals surface area contributed by atoms with Crippen LogP contribution in [0.15, 0.2) is 23.6 Å². The Bertz CT molecular complexity index is 565. The SMILES string of the molecule is Cc1nc(C(O)c2cccc3c2OCCC3)cs1. The molecule has 3 nitrogen and oxygen atoms in total. The highest BCUT2D eigenvalue weighted by Crippen LogP contribution is 2.35. The molecule has 0 aliphatic carbocycles. The molecule has 94 valence electrons. The van der Waals surface area contributed by atoms with Gasteiger partial charge in [0.05, 0.1) is 17.3 Å². The summed E-state index contributed by atoms with van der Waals surface area (Å²) >= 11 is 1.55. The van der Waals surface area contributed by atoms with Gasteiger partial charge < -0.3 is 9.84 Å². The normalized spacial score (nSPS) is 15.9. The summed E-state index contributed by atoms with van der Waals surface area (Å²) in [4.78, 5) is 4.35. The van der Waals surface area contributed by atoms with Crippen molar-refractivity contribution in [1.82, 2.24) is 4.98 Å². The standard InChI is InChI=1S/C14H15NO2S/c1-9-15-12(8-18-9)13(16)11-6-2-4-10-5-3-7-17-14(10)11/h2,4,6,8,13,16H,3,5,7H2,1H3. The van der Waals surface area contributed by atoms with Gasteiger partial charge in [-0.15, -0.1) is 11.3 Å². The van der Waals surface area contributed by atoms with Crippen LogP contribution in [0.1, 0.15) is 34.4 Å². The van der Waals surface area contributed by atoms with Crippen LogP contribution in [-0.2, 0) is 6.42 Å². The quantitative estimate of drug-likeness (QED) is 0.904. The van der Waals surface area contributed by atoms with Gasteiger partial charge in [0.1, 0.15) is 11.9 Å². The Morgan fingerprint density at radius 3 is 3.11 bits per heavy atom. The van der Waals surface area contributed by atoms with Crippen LogP contribution in [0.25, 0.3) is 0 Å². The minimum atomic E-state index is -0.692. The van der Waals surface area contributed by atoms with E-state index in [1.807, 2.05) is 24.4 Å². The van der Waals surface area contributed by atoms with Crippen LogP contribution in [0.4, 0.5) is 0 Å². The van der Waals surface area contributed by atoms with Crippen molar-refractivity contribution < 1.29 is 9.84 Å². The van der Waals surface area contributed by atoms with Crippen LogP contribution in [0, 0.1) is 6.92 Å². The number of hydrogen-bond donors (Lipinski definition) is 1. The zero-order valence-electron chi connectivity index (χ0n) is 10.2. The molecule has 1 aliphatic heterocycles. The van der Waals surface area contributed by atoms with E-state index < -0.39 is 6.10 Å². The van der Waals surface area contributed by atoms with Crippen molar-refractivity contribution in [2.24, 2.45) is 0 Å². The third kappa shape index (κ3) is 2.02. The predicted molar refractivity (Wildman–Crippen MR) is 71.2 cm³/mol. The molecule has 1 aromatic heterocycles. The number of fused-ring (bicyclic) bond motifs is 1. The highest BCUT2D eigenvalue weighted by Gasteiger charge is 2.22. The van der Waals surface area contributed by atoms with Crippen molar-refractivity contribution in [3.63, 3.8) is 0 Å². The van der Waals surface area contributed by atoms with Crippen LogP contribution in [0.5, 0.6) is 5.75 Å². The van der Waals surface area contributed by atoms with Gasteiger partial charge in [-0.3, -0.25) is 0 Å². The molecule has 0 bridgehead atoms. The smallest absolute Gasteiger partial charge is 0.128 e. The van der Waals surface area contributed by atoms with Crippen LogP contribution >= 0.6 is 11.3 Å². The molecule has 1 N–H and O–H groups in total. The number of aliphatic hydroxyl groups excluding tert-OH is 1. The molecule has 18 heavy (non-hydrogen) atoms. The van der Waals surface area contributed by atoms with E-state index in [1.54, 1.807) is 11.3 Å². The summed E-state index contributed by atoms with van der Waals surface area (Å²) in [6.07, 6.45) is 1.37. The lowest BCUT2D eigenvalue weighted by Crippen LogP contribution is -2.12. The lowest BCUT2D eigenvalue weighted by Gasteiger charge is -2.22. The molecule has 4 heteroatoms. The summed E-state index contributed by atoms with van der Waals surface area (Å²) in [7, 11) is 0. The molecule has 1 aromatic carbocycles. The summed E-state index contributed by atoms with van der Waals surface area (Å²) in [5.41, 5.74) is 2.72. The first-order valence-electron chi connectivity index (χ1n) is 6.10. The fraction of sp³-hybridized carbons (Fsp3) is 0.357. The summed E-state index contributed by atoms with van der Waals surface area (Å²) in [5.74, 6) is 0.849. The number of ether oxygens (including phenoxy) is 1. The number of hydrogen-bond acceptors (Lipinski definition) is 4. The Morgan fingerprint density at radius 2 is 2.33 bits per heavy atom. The molecule has 0 saturated carbocycles. The number of thiazole rings is 1. The van der Waals surface area contributed by atoms with Gasteiger partial charge in [-0.25, -0.2) is 4.98 Å². The first-order chi connectivity index (χ1) is 8.75. The Labute approximate surface area is 110 Å². The van der Waals surface area contributed by atoms with Crippen molar-refractivity contribution in [2.45, 2.75) is 25.9 Å². The van der Waals surface area contributed by atoms with E-state index in [9.17, 15) is 5.11 Å². The van der Waals surface area contributed by atoms with Crippen molar-refractivity contribution in [1.29, 1.82) is 0 Å². The number of nitrogens with zero attached hydrogens (tertiary/aromatic N) is 1. The maximum atomic E-state index is 10.4. The van der Waals surface area contributed by atoms with Crippen LogP contribution in [-0.4, -0.2) is 16.7 Å². The van der Waals surface area contributed by atoms with Crippen LogP contribution in [0.3, 0.4) is 0 Å². The number of aromatic nitrogens is 1. The molecule has 1 unspecified atom stereocenters. The predicted octanol–water partition coefficient (Wildman–Crippen LogP) is 2.86. The molecular formula is C14H15NO2S. The van der Waals surface area contributed by atoms with Gasteiger partial charge in [-0.1, -0.05) is 18.2 Å². The second-order valence-electron chi connectivity index (χ2n) is 4.48. The molecule has 0 amide bonds. The largest absolute Gasteiger partial charge is 0.493 e. The number of aliphatic hydroxyl groups is 1. The molecule has 0 fully saturated rings. The Hall–Kier alpha value is -1.39. The highest BCUT2D eigenvalue weighted by molar-refractivity contribution is 7.09. The van der Waals surface area contributed by atoms with Crippen LogP contribution in [0.2, 0.25) is 0 Å². The van der Waals surface area contributed by atoms with Gasteiger partial charge in [-0.2, -0.15) is 0 Å². The van der Waals surface area contributed by atoms with E-state index >= 15 is 0 Å². The molecule has 2 aromatic rings. The second-order valence-corrected chi connectivity index (χ2v) is 5.54. The zero-order chi connectivity index (χ0) is 12.5. The summed E-state index contributed by atoms with van der Waals surface area (Å²) in [6.45, 7) is 2.67. The third-order valence-corrected chi connectivity index (χ3v) is 3.97. The minimum Gasteiger partial charge on any atom is -0.493 e. The number of para-hydroxylation sites is 1. The molecule has 0 saturated heterocycles. The van der Waals surface area contributed by atoms with Crippen LogP contribution < -0.4 is 4.74 Å². The van der Waals surface area contributed by atoms with Gasteiger partial charge in [0.25, 0.3) is 0 Å². The average Bonchev–Trinajstić information content (AvgIpc) is 2.84. The molecule has 2 heterocycles. The van der Waals surface area contributed by atoms with Gasteiger partial charge >= 0.3 is 0 Å². The molecule has 0 spiro atoms. The van der Waals surface area contributed by atoms with Gasteiger partial charge in [0.2, 0.25) is 0 Å². The van der Waals surface area contributed by atoms with Crippen molar-refractivity contribution in [3.8, 4) is 5.75 Å². The highest BCUT2D eigenvalue weighted by atomic mass is 32.1. The van der Waals surface area contributed by atoms with E-state index in [2.05, 4.69) is 11.1 Å². The van der Waals surface area contributed by atoms with Gasteiger partial charge in [0, 0.05) is 10.9 Å². The number of rotatable bonds is 2. The number of benzene rings is 1. The third-order valence-electron chi connectivity index (χ3n) is 3.18. The van der Waals surface area contributed by atoms with Crippen molar-refractivity contribution in [2.75, 3.05) is 6.61 Å². The van der Waals surface area contributed by atoms with Crippen molar-refractivity contribution >= 4 is 11.3 Å². The molecular weight excluding hydrogens is 246 g/mol. The van der Waals surface area contributed by atoms with Gasteiger partial charge in [0.15, 0.2) is 0 Å². The lowest BCUT2D eigenvalue weighted by molar-refractivity contribution is 0.203. The maximum absolute atomic E-state index is 10.4. The summed E-state index contributed by atoms with van der Waals surface area (Å²) in [6, 6.07) is 5.96. The van der Waals surface area contributed by atoms with E-state index in [0.29, 0.717) is 5.69 Å². The van der Waals surface area contributed by atoms with E-state index in [1.165, 1.54) is 5.56 Å². The Kier molecular flexibility index (Phi) is 3.06. The fourth-order valence-corrected chi connectivity index (χ4v) is 2.93. The summed E-state index contributed by atoms with van der Waals surface area (Å²) < 4.78 is 5.72. The monoisotopic (exact) mass is 261 g/mol. The molecule has 1 atom stereocenters.